The fourth-order valence-electron chi connectivity index (χ4n) is 2.95. The van der Waals surface area contributed by atoms with Crippen molar-refractivity contribution < 1.29 is 14.3 Å². The Bertz CT molecular complexity index is 778. The zero-order valence-electron chi connectivity index (χ0n) is 14.5. The first-order chi connectivity index (χ1) is 12.1. The number of nitrogens with one attached hydrogen (secondary N) is 2. The van der Waals surface area contributed by atoms with E-state index in [1.165, 1.54) is 4.68 Å². The van der Waals surface area contributed by atoms with Gasteiger partial charge in [0.1, 0.15) is 6.10 Å². The standard InChI is InChI=1S/C18H23N3O4/c1-3-4-13-9-17(22)21(20-13)14-7-5-12(6-8-14)18(23)19-15-10-25-11-16(15)24-2/h5-9,15-16,20H,3-4,10-11H2,1-2H3,(H,19,23)/t15-,16-/m0/s1. The summed E-state index contributed by atoms with van der Waals surface area (Å²) < 4.78 is 12.1. The third-order valence-corrected chi connectivity index (χ3v) is 4.33. The fourth-order valence-corrected chi connectivity index (χ4v) is 2.95. The number of nitrogens with zero attached hydrogens (tertiary/aromatic N) is 1. The van der Waals surface area contributed by atoms with E-state index in [1.807, 2.05) is 0 Å². The Hall–Kier alpha value is -2.38. The Balaban J connectivity index is 1.71. The first kappa shape index (κ1) is 17.4. The van der Waals surface area contributed by atoms with Gasteiger partial charge in [-0.2, -0.15) is 0 Å². The van der Waals surface area contributed by atoms with Gasteiger partial charge >= 0.3 is 0 Å². The molecule has 0 unspecified atom stereocenters. The second-order valence-electron chi connectivity index (χ2n) is 6.14. The van der Waals surface area contributed by atoms with Gasteiger partial charge in [-0.3, -0.25) is 14.7 Å². The Morgan fingerprint density at radius 3 is 2.80 bits per heavy atom. The first-order valence-electron chi connectivity index (χ1n) is 8.45. The summed E-state index contributed by atoms with van der Waals surface area (Å²) in [5, 5.41) is 6.01. The van der Waals surface area contributed by atoms with Gasteiger partial charge in [0.15, 0.2) is 0 Å². The van der Waals surface area contributed by atoms with Crippen LogP contribution in [0.2, 0.25) is 0 Å². The zero-order valence-corrected chi connectivity index (χ0v) is 14.5. The number of benzene rings is 1. The number of H-pyrrole nitrogens is 1. The van der Waals surface area contributed by atoms with Gasteiger partial charge in [-0.25, -0.2) is 4.68 Å². The van der Waals surface area contributed by atoms with Crippen LogP contribution in [0.1, 0.15) is 29.4 Å². The van der Waals surface area contributed by atoms with Crippen LogP contribution in [-0.4, -0.2) is 48.2 Å². The quantitative estimate of drug-likeness (QED) is 0.825. The molecule has 0 aliphatic carbocycles. The van der Waals surface area contributed by atoms with E-state index in [2.05, 4.69) is 17.3 Å². The van der Waals surface area contributed by atoms with Crippen LogP contribution in [-0.2, 0) is 15.9 Å². The van der Waals surface area contributed by atoms with Gasteiger partial charge in [-0.1, -0.05) is 13.3 Å². The lowest BCUT2D eigenvalue weighted by Gasteiger charge is -2.17. The average molecular weight is 345 g/mol. The summed E-state index contributed by atoms with van der Waals surface area (Å²) in [4.78, 5) is 24.4. The summed E-state index contributed by atoms with van der Waals surface area (Å²) in [5.41, 5.74) is 2.02. The van der Waals surface area contributed by atoms with Gasteiger partial charge in [0.05, 0.1) is 24.9 Å². The summed E-state index contributed by atoms with van der Waals surface area (Å²) in [6.45, 7) is 2.99. The largest absolute Gasteiger partial charge is 0.377 e. The van der Waals surface area contributed by atoms with E-state index >= 15 is 0 Å². The molecule has 2 N–H and O–H groups in total. The molecule has 0 bridgehead atoms. The molecule has 1 aliphatic heterocycles. The molecule has 1 saturated heterocycles. The van der Waals surface area contributed by atoms with E-state index < -0.39 is 0 Å². The molecule has 7 heteroatoms. The van der Waals surface area contributed by atoms with Gasteiger partial charge in [0.25, 0.3) is 11.5 Å². The molecule has 2 aromatic rings. The number of hydrogen-bond donors (Lipinski definition) is 2. The van der Waals surface area contributed by atoms with Gasteiger partial charge in [0, 0.05) is 24.4 Å². The minimum atomic E-state index is -0.186. The fraction of sp³-hybridized carbons (Fsp3) is 0.444. The Morgan fingerprint density at radius 1 is 1.36 bits per heavy atom. The molecule has 1 amide bonds. The summed E-state index contributed by atoms with van der Waals surface area (Å²) in [6, 6.07) is 8.36. The average Bonchev–Trinajstić information content (AvgIpc) is 3.21. The van der Waals surface area contributed by atoms with E-state index in [0.717, 1.165) is 18.5 Å². The lowest BCUT2D eigenvalue weighted by atomic mass is 10.1. The lowest BCUT2D eigenvalue weighted by molar-refractivity contribution is 0.0685. The summed E-state index contributed by atoms with van der Waals surface area (Å²) in [7, 11) is 1.61. The Labute approximate surface area is 145 Å². The van der Waals surface area contributed by atoms with Crippen LogP contribution in [0.25, 0.3) is 5.69 Å². The van der Waals surface area contributed by atoms with Crippen LogP contribution < -0.4 is 10.9 Å². The van der Waals surface area contributed by atoms with E-state index in [9.17, 15) is 9.59 Å². The smallest absolute Gasteiger partial charge is 0.271 e. The molecule has 3 rings (SSSR count). The SMILES string of the molecule is CCCc1cc(=O)n(-c2ccc(C(=O)N[C@H]3COC[C@@H]3OC)cc2)[nH]1. The monoisotopic (exact) mass is 345 g/mol. The van der Waals surface area contributed by atoms with Crippen LogP contribution in [0.5, 0.6) is 0 Å². The predicted octanol–water partition coefficient (Wildman–Crippen LogP) is 1.26. The van der Waals surface area contributed by atoms with Crippen molar-refractivity contribution in [2.24, 2.45) is 0 Å². The molecule has 25 heavy (non-hydrogen) atoms. The van der Waals surface area contributed by atoms with Gasteiger partial charge in [-0.15, -0.1) is 0 Å². The highest BCUT2D eigenvalue weighted by atomic mass is 16.5. The van der Waals surface area contributed by atoms with E-state index in [4.69, 9.17) is 9.47 Å². The molecular weight excluding hydrogens is 322 g/mol. The van der Waals surface area contributed by atoms with E-state index in [-0.39, 0.29) is 23.6 Å². The first-order valence-corrected chi connectivity index (χ1v) is 8.45. The number of carbonyl (C=O) groups excluding carboxylic acids is 1. The molecular formula is C18H23N3O4. The van der Waals surface area contributed by atoms with E-state index in [0.29, 0.717) is 24.5 Å². The number of rotatable bonds is 6. The molecule has 134 valence electrons. The molecule has 2 heterocycles. The van der Waals surface area contributed by atoms with Crippen molar-refractivity contribution in [2.75, 3.05) is 20.3 Å². The molecule has 7 nitrogen and oxygen atoms in total. The summed E-state index contributed by atoms with van der Waals surface area (Å²) in [6.07, 6.45) is 1.66. The zero-order chi connectivity index (χ0) is 17.8. The molecule has 0 saturated carbocycles. The third kappa shape index (κ3) is 3.83. The molecule has 1 fully saturated rings. The second-order valence-corrected chi connectivity index (χ2v) is 6.14. The maximum atomic E-state index is 12.4. The van der Waals surface area contributed by atoms with Crippen LogP contribution in [0.4, 0.5) is 0 Å². The number of aromatic amines is 1. The maximum Gasteiger partial charge on any atom is 0.271 e. The number of aromatic nitrogens is 2. The number of methoxy groups -OCH3 is 1. The number of hydrogen-bond acceptors (Lipinski definition) is 4. The summed E-state index contributed by atoms with van der Waals surface area (Å²) in [5.74, 6) is -0.186. The van der Waals surface area contributed by atoms with Gasteiger partial charge < -0.3 is 14.8 Å². The number of aryl methyl sites for hydroxylation is 1. The molecule has 2 atom stereocenters. The minimum Gasteiger partial charge on any atom is -0.377 e. The number of carbonyl (C=O) groups is 1. The van der Waals surface area contributed by atoms with Crippen molar-refractivity contribution >= 4 is 5.91 Å². The lowest BCUT2D eigenvalue weighted by Crippen LogP contribution is -2.43. The summed E-state index contributed by atoms with van der Waals surface area (Å²) >= 11 is 0. The van der Waals surface area contributed by atoms with Crippen molar-refractivity contribution in [3.05, 3.63) is 51.9 Å². The predicted molar refractivity (Wildman–Crippen MR) is 93.3 cm³/mol. The van der Waals surface area contributed by atoms with Gasteiger partial charge in [-0.05, 0) is 30.7 Å². The number of amides is 1. The highest BCUT2D eigenvalue weighted by molar-refractivity contribution is 5.94. The van der Waals surface area contributed by atoms with Crippen LogP contribution in [0.3, 0.4) is 0 Å². The van der Waals surface area contributed by atoms with Crippen molar-refractivity contribution in [3.63, 3.8) is 0 Å². The minimum absolute atomic E-state index is 0.105. The van der Waals surface area contributed by atoms with Crippen molar-refractivity contribution in [1.82, 2.24) is 15.1 Å². The molecule has 1 aromatic heterocycles. The van der Waals surface area contributed by atoms with Crippen molar-refractivity contribution in [2.45, 2.75) is 31.9 Å². The third-order valence-electron chi connectivity index (χ3n) is 4.33. The van der Waals surface area contributed by atoms with E-state index in [1.54, 1.807) is 37.4 Å². The topological polar surface area (TPSA) is 85.3 Å². The maximum absolute atomic E-state index is 12.4. The molecule has 0 radical (unpaired) electrons. The normalized spacial score (nSPS) is 19.9. The highest BCUT2D eigenvalue weighted by Gasteiger charge is 2.29. The second kappa shape index (κ2) is 7.67. The number of ether oxygens (including phenoxy) is 2. The highest BCUT2D eigenvalue weighted by Crippen LogP contribution is 2.12. The Morgan fingerprint density at radius 2 is 2.12 bits per heavy atom. The van der Waals surface area contributed by atoms with Crippen LogP contribution in [0, 0.1) is 0 Å². The van der Waals surface area contributed by atoms with Crippen molar-refractivity contribution in [1.29, 1.82) is 0 Å². The molecule has 0 spiro atoms. The van der Waals surface area contributed by atoms with Crippen LogP contribution >= 0.6 is 0 Å². The van der Waals surface area contributed by atoms with Crippen LogP contribution in [0.15, 0.2) is 35.1 Å². The molecule has 1 aromatic carbocycles. The van der Waals surface area contributed by atoms with Crippen molar-refractivity contribution in [3.8, 4) is 5.69 Å². The van der Waals surface area contributed by atoms with Gasteiger partial charge in [0.2, 0.25) is 0 Å². The molecule has 1 aliphatic rings. The Kier molecular flexibility index (Phi) is 5.35.